The highest BCUT2D eigenvalue weighted by Crippen LogP contribution is 2.24. The van der Waals surface area contributed by atoms with Gasteiger partial charge in [-0.2, -0.15) is 4.98 Å². The predicted molar refractivity (Wildman–Crippen MR) is 81.2 cm³/mol. The molecule has 0 atom stereocenters. The summed E-state index contributed by atoms with van der Waals surface area (Å²) in [6, 6.07) is 9.92. The molecule has 1 aromatic carbocycles. The molecular weight excluding hydrogens is 250 g/mol. The van der Waals surface area contributed by atoms with Gasteiger partial charge in [0, 0.05) is 36.2 Å². The summed E-state index contributed by atoms with van der Waals surface area (Å²) in [6.07, 6.45) is 5.38. The highest BCUT2D eigenvalue weighted by atomic mass is 15.1. The monoisotopic (exact) mass is 265 g/mol. The minimum atomic E-state index is 0.621. The van der Waals surface area contributed by atoms with Crippen LogP contribution in [0, 0.1) is 0 Å². The first-order valence-corrected chi connectivity index (χ1v) is 6.53. The Hall–Kier alpha value is -2.69. The number of aromatic nitrogens is 3. The van der Waals surface area contributed by atoms with Crippen molar-refractivity contribution in [2.45, 2.75) is 6.92 Å². The lowest BCUT2D eigenvalue weighted by Crippen LogP contribution is -2.03. The van der Waals surface area contributed by atoms with Gasteiger partial charge in [-0.1, -0.05) is 12.1 Å². The third-order valence-corrected chi connectivity index (χ3v) is 2.94. The van der Waals surface area contributed by atoms with Crippen molar-refractivity contribution in [2.75, 3.05) is 17.2 Å². The Balaban J connectivity index is 1.95. The molecule has 5 heteroatoms. The summed E-state index contributed by atoms with van der Waals surface area (Å²) < 4.78 is 0. The van der Waals surface area contributed by atoms with Crippen molar-refractivity contribution < 1.29 is 0 Å². The summed E-state index contributed by atoms with van der Waals surface area (Å²) in [5.74, 6) is 1.38. The molecular formula is C15H15N5. The number of anilines is 3. The summed E-state index contributed by atoms with van der Waals surface area (Å²) in [4.78, 5) is 12.7. The van der Waals surface area contributed by atoms with Gasteiger partial charge >= 0.3 is 0 Å². The second-order valence-electron chi connectivity index (χ2n) is 4.32. The molecule has 3 rings (SSSR count). The number of hydrogen-bond donors (Lipinski definition) is 2. The second-order valence-corrected chi connectivity index (χ2v) is 4.32. The van der Waals surface area contributed by atoms with E-state index in [-0.39, 0.29) is 0 Å². The highest BCUT2D eigenvalue weighted by Gasteiger charge is 2.03. The van der Waals surface area contributed by atoms with Crippen LogP contribution in [-0.4, -0.2) is 21.5 Å². The lowest BCUT2D eigenvalue weighted by Gasteiger charge is -2.09. The molecule has 0 bridgehead atoms. The van der Waals surface area contributed by atoms with E-state index in [4.69, 9.17) is 0 Å². The molecule has 0 amide bonds. The van der Waals surface area contributed by atoms with Crippen LogP contribution in [0.3, 0.4) is 0 Å². The van der Waals surface area contributed by atoms with E-state index in [0.29, 0.717) is 5.95 Å². The zero-order valence-corrected chi connectivity index (χ0v) is 11.2. The summed E-state index contributed by atoms with van der Waals surface area (Å²) in [7, 11) is 0. The molecule has 0 saturated carbocycles. The van der Waals surface area contributed by atoms with Crippen LogP contribution in [-0.2, 0) is 0 Å². The fourth-order valence-corrected chi connectivity index (χ4v) is 2.03. The Morgan fingerprint density at radius 1 is 1.10 bits per heavy atom. The zero-order chi connectivity index (χ0) is 13.8. The number of hydrogen-bond acceptors (Lipinski definition) is 5. The molecule has 0 fully saturated rings. The van der Waals surface area contributed by atoms with Gasteiger partial charge in [0.1, 0.15) is 5.82 Å². The molecule has 2 N–H and O–H groups in total. The Labute approximate surface area is 117 Å². The van der Waals surface area contributed by atoms with E-state index in [9.17, 15) is 0 Å². The zero-order valence-electron chi connectivity index (χ0n) is 11.2. The van der Waals surface area contributed by atoms with Crippen molar-refractivity contribution in [3.8, 4) is 0 Å². The first kappa shape index (κ1) is 12.3. The Kier molecular flexibility index (Phi) is 3.41. The first-order chi connectivity index (χ1) is 9.86. The minimum absolute atomic E-state index is 0.621. The highest BCUT2D eigenvalue weighted by molar-refractivity contribution is 5.94. The van der Waals surface area contributed by atoms with E-state index < -0.39 is 0 Å². The first-order valence-electron chi connectivity index (χ1n) is 6.53. The van der Waals surface area contributed by atoms with Gasteiger partial charge in [-0.05, 0) is 30.5 Å². The van der Waals surface area contributed by atoms with E-state index in [2.05, 4.69) is 31.7 Å². The maximum absolute atomic E-state index is 4.41. The molecule has 5 nitrogen and oxygen atoms in total. The van der Waals surface area contributed by atoms with E-state index in [1.165, 1.54) is 0 Å². The minimum Gasteiger partial charge on any atom is -0.354 e. The van der Waals surface area contributed by atoms with Crippen LogP contribution in [0.15, 0.2) is 48.9 Å². The van der Waals surface area contributed by atoms with Crippen molar-refractivity contribution >= 4 is 28.2 Å². The molecule has 2 aromatic heterocycles. The summed E-state index contributed by atoms with van der Waals surface area (Å²) >= 11 is 0. The largest absolute Gasteiger partial charge is 0.354 e. The van der Waals surface area contributed by atoms with Gasteiger partial charge in [0.15, 0.2) is 0 Å². The quantitative estimate of drug-likeness (QED) is 0.758. The maximum Gasteiger partial charge on any atom is 0.224 e. The van der Waals surface area contributed by atoms with Gasteiger partial charge in [-0.3, -0.25) is 4.98 Å². The third kappa shape index (κ3) is 2.51. The van der Waals surface area contributed by atoms with E-state index in [1.54, 1.807) is 12.4 Å². The smallest absolute Gasteiger partial charge is 0.224 e. The van der Waals surface area contributed by atoms with Gasteiger partial charge in [0.25, 0.3) is 0 Å². The summed E-state index contributed by atoms with van der Waals surface area (Å²) in [5.41, 5.74) is 0.983. The van der Waals surface area contributed by atoms with Crippen molar-refractivity contribution in [3.05, 3.63) is 48.9 Å². The van der Waals surface area contributed by atoms with Crippen molar-refractivity contribution in [1.82, 2.24) is 15.0 Å². The molecule has 0 spiro atoms. The predicted octanol–water partition coefficient (Wildman–Crippen LogP) is 3.20. The molecule has 2 heterocycles. The topological polar surface area (TPSA) is 62.7 Å². The van der Waals surface area contributed by atoms with Crippen LogP contribution in [0.5, 0.6) is 0 Å². The fourth-order valence-electron chi connectivity index (χ4n) is 2.03. The van der Waals surface area contributed by atoms with Crippen LogP contribution in [0.1, 0.15) is 6.92 Å². The molecule has 100 valence electrons. The van der Waals surface area contributed by atoms with Gasteiger partial charge in [-0.15, -0.1) is 0 Å². The van der Waals surface area contributed by atoms with Crippen molar-refractivity contribution in [2.24, 2.45) is 0 Å². The van der Waals surface area contributed by atoms with Gasteiger partial charge in [0.05, 0.1) is 0 Å². The molecule has 0 aliphatic carbocycles. The van der Waals surface area contributed by atoms with E-state index in [0.717, 1.165) is 28.8 Å². The molecule has 0 radical (unpaired) electrons. The Morgan fingerprint density at radius 2 is 2.05 bits per heavy atom. The second kappa shape index (κ2) is 5.52. The van der Waals surface area contributed by atoms with Gasteiger partial charge < -0.3 is 10.6 Å². The van der Waals surface area contributed by atoms with E-state index >= 15 is 0 Å². The van der Waals surface area contributed by atoms with Crippen LogP contribution >= 0.6 is 0 Å². The number of rotatable bonds is 4. The van der Waals surface area contributed by atoms with Crippen LogP contribution in [0.2, 0.25) is 0 Å². The number of pyridine rings is 1. The Bertz CT molecular complexity index is 721. The van der Waals surface area contributed by atoms with Crippen LogP contribution < -0.4 is 10.6 Å². The van der Waals surface area contributed by atoms with Gasteiger partial charge in [0.2, 0.25) is 5.95 Å². The number of benzene rings is 1. The fraction of sp³-hybridized carbons (Fsp3) is 0.133. The third-order valence-electron chi connectivity index (χ3n) is 2.94. The molecule has 20 heavy (non-hydrogen) atoms. The van der Waals surface area contributed by atoms with Crippen LogP contribution in [0.4, 0.5) is 17.5 Å². The molecule has 0 aliphatic heterocycles. The maximum atomic E-state index is 4.41. The summed E-state index contributed by atoms with van der Waals surface area (Å²) in [6.45, 7) is 2.81. The van der Waals surface area contributed by atoms with Gasteiger partial charge in [-0.25, -0.2) is 4.98 Å². The van der Waals surface area contributed by atoms with Crippen molar-refractivity contribution in [3.63, 3.8) is 0 Å². The average Bonchev–Trinajstić information content (AvgIpc) is 2.48. The van der Waals surface area contributed by atoms with E-state index in [1.807, 2.05) is 37.4 Å². The van der Waals surface area contributed by atoms with Crippen molar-refractivity contribution in [1.29, 1.82) is 0 Å². The standard InChI is InChI=1S/C15H15N5/c1-2-17-15-18-9-7-14(20-15)19-13-5-3-4-11-6-8-16-10-12(11)13/h3-10H,2H2,1H3,(H2,17,18,19,20). The Morgan fingerprint density at radius 3 is 2.95 bits per heavy atom. The molecule has 0 unspecified atom stereocenters. The molecule has 0 aliphatic rings. The molecule has 0 saturated heterocycles. The number of nitrogens with zero attached hydrogens (tertiary/aromatic N) is 3. The van der Waals surface area contributed by atoms with Crippen LogP contribution in [0.25, 0.3) is 10.8 Å². The summed E-state index contributed by atoms with van der Waals surface area (Å²) in [5, 5.41) is 8.62. The lowest BCUT2D eigenvalue weighted by atomic mass is 10.1. The number of nitrogens with one attached hydrogen (secondary N) is 2. The average molecular weight is 265 g/mol. The normalized spacial score (nSPS) is 10.4. The lowest BCUT2D eigenvalue weighted by molar-refractivity contribution is 1.09. The molecule has 3 aromatic rings. The number of fused-ring (bicyclic) bond motifs is 1. The SMILES string of the molecule is CCNc1nccc(Nc2cccc3ccncc23)n1.